The molecular weight excluding hydrogens is 386 g/mol. The number of likely N-dealkylation sites (tertiary alicyclic amines) is 1. The molecule has 1 unspecified atom stereocenters. The van der Waals surface area contributed by atoms with Gasteiger partial charge in [0.25, 0.3) is 0 Å². The standard InChI is InChI=1S/C22H24BrN3/c23-20-7-6-18-13-24-14-19(22(18)12-20)15-25-21-8-4-17(5-9-21)16-26-10-2-1-3-11-26/h4-9,12,14-15,19H,1-3,10-11,13,16H2. The Morgan fingerprint density at radius 1 is 1.08 bits per heavy atom. The fraction of sp³-hybridized carbons (Fsp3) is 0.364. The van der Waals surface area contributed by atoms with Crippen molar-refractivity contribution in [2.24, 2.45) is 9.98 Å². The average Bonchev–Trinajstić information content (AvgIpc) is 2.68. The van der Waals surface area contributed by atoms with Crippen LogP contribution in [0.5, 0.6) is 0 Å². The van der Waals surface area contributed by atoms with Crippen LogP contribution < -0.4 is 0 Å². The van der Waals surface area contributed by atoms with E-state index >= 15 is 0 Å². The van der Waals surface area contributed by atoms with Gasteiger partial charge in [-0.1, -0.05) is 40.5 Å². The first-order chi connectivity index (χ1) is 12.8. The maximum atomic E-state index is 4.70. The molecule has 4 rings (SSSR count). The van der Waals surface area contributed by atoms with Crippen LogP contribution in [0.25, 0.3) is 0 Å². The summed E-state index contributed by atoms with van der Waals surface area (Å²) in [5.74, 6) is 0.143. The van der Waals surface area contributed by atoms with Crippen LogP contribution in [-0.4, -0.2) is 30.4 Å². The third-order valence-corrected chi connectivity index (χ3v) is 5.66. The van der Waals surface area contributed by atoms with Crippen LogP contribution in [0.1, 0.15) is 41.9 Å². The Hall–Kier alpha value is -1.78. The predicted octanol–water partition coefficient (Wildman–Crippen LogP) is 5.51. The van der Waals surface area contributed by atoms with Gasteiger partial charge in [-0.05, 0) is 66.9 Å². The maximum Gasteiger partial charge on any atom is 0.0639 e. The van der Waals surface area contributed by atoms with Crippen molar-refractivity contribution in [1.29, 1.82) is 0 Å². The molecule has 4 heteroatoms. The van der Waals surface area contributed by atoms with E-state index in [0.29, 0.717) is 0 Å². The Labute approximate surface area is 164 Å². The van der Waals surface area contributed by atoms with E-state index in [1.165, 1.54) is 49.0 Å². The molecule has 0 saturated carbocycles. The second-order valence-electron chi connectivity index (χ2n) is 7.14. The monoisotopic (exact) mass is 409 g/mol. The third-order valence-electron chi connectivity index (χ3n) is 5.17. The van der Waals surface area contributed by atoms with Crippen molar-refractivity contribution in [2.45, 2.75) is 38.3 Å². The Bertz CT molecular complexity index is 805. The van der Waals surface area contributed by atoms with Crippen LogP contribution in [0.4, 0.5) is 5.69 Å². The summed E-state index contributed by atoms with van der Waals surface area (Å²) >= 11 is 3.57. The highest BCUT2D eigenvalue weighted by Gasteiger charge is 2.15. The van der Waals surface area contributed by atoms with Gasteiger partial charge in [-0.2, -0.15) is 0 Å². The molecule has 2 heterocycles. The second kappa shape index (κ2) is 8.28. The van der Waals surface area contributed by atoms with Crippen molar-refractivity contribution in [3.8, 4) is 0 Å². The van der Waals surface area contributed by atoms with Gasteiger partial charge in [-0.15, -0.1) is 0 Å². The Morgan fingerprint density at radius 2 is 1.88 bits per heavy atom. The number of hydrogen-bond acceptors (Lipinski definition) is 3. The normalized spacial score (nSPS) is 20.4. The van der Waals surface area contributed by atoms with Crippen LogP contribution in [0.3, 0.4) is 0 Å². The van der Waals surface area contributed by atoms with E-state index in [2.05, 4.69) is 68.3 Å². The number of hydrogen-bond donors (Lipinski definition) is 0. The van der Waals surface area contributed by atoms with Crippen LogP contribution in [0, 0.1) is 0 Å². The summed E-state index contributed by atoms with van der Waals surface area (Å²) in [7, 11) is 0. The largest absolute Gasteiger partial charge is 0.299 e. The molecule has 2 aliphatic rings. The molecule has 2 aliphatic heterocycles. The van der Waals surface area contributed by atoms with Gasteiger partial charge in [0, 0.05) is 23.4 Å². The molecule has 0 amide bonds. The zero-order chi connectivity index (χ0) is 17.8. The van der Waals surface area contributed by atoms with Crippen molar-refractivity contribution in [3.63, 3.8) is 0 Å². The number of piperidine rings is 1. The van der Waals surface area contributed by atoms with Crippen LogP contribution in [0.15, 0.2) is 56.9 Å². The highest BCUT2D eigenvalue weighted by Crippen LogP contribution is 2.27. The minimum Gasteiger partial charge on any atom is -0.299 e. The van der Waals surface area contributed by atoms with E-state index in [1.54, 1.807) is 0 Å². The van der Waals surface area contributed by atoms with E-state index in [4.69, 9.17) is 4.99 Å². The van der Waals surface area contributed by atoms with Gasteiger partial charge in [0.2, 0.25) is 0 Å². The minimum absolute atomic E-state index is 0.143. The quantitative estimate of drug-likeness (QED) is 0.612. The lowest BCUT2D eigenvalue weighted by atomic mass is 9.94. The Balaban J connectivity index is 1.43. The molecule has 0 aromatic heterocycles. The molecule has 1 fully saturated rings. The van der Waals surface area contributed by atoms with E-state index < -0.39 is 0 Å². The van der Waals surface area contributed by atoms with E-state index in [0.717, 1.165) is 23.2 Å². The number of rotatable bonds is 4. The van der Waals surface area contributed by atoms with E-state index in [-0.39, 0.29) is 5.92 Å². The predicted molar refractivity (Wildman–Crippen MR) is 113 cm³/mol. The lowest BCUT2D eigenvalue weighted by molar-refractivity contribution is 0.221. The highest BCUT2D eigenvalue weighted by atomic mass is 79.9. The van der Waals surface area contributed by atoms with Crippen molar-refractivity contribution in [2.75, 3.05) is 13.1 Å². The topological polar surface area (TPSA) is 28.0 Å². The van der Waals surface area contributed by atoms with Crippen LogP contribution in [0.2, 0.25) is 0 Å². The summed E-state index contributed by atoms with van der Waals surface area (Å²) in [6.45, 7) is 4.28. The molecule has 3 nitrogen and oxygen atoms in total. The van der Waals surface area contributed by atoms with Crippen LogP contribution in [-0.2, 0) is 13.1 Å². The fourth-order valence-electron chi connectivity index (χ4n) is 3.71. The second-order valence-corrected chi connectivity index (χ2v) is 8.06. The Kier molecular flexibility index (Phi) is 5.61. The fourth-order valence-corrected chi connectivity index (χ4v) is 4.09. The van der Waals surface area contributed by atoms with Crippen LogP contribution >= 0.6 is 15.9 Å². The van der Waals surface area contributed by atoms with Gasteiger partial charge in [-0.25, -0.2) is 0 Å². The summed E-state index contributed by atoms with van der Waals surface area (Å²) in [4.78, 5) is 11.7. The zero-order valence-corrected chi connectivity index (χ0v) is 16.5. The van der Waals surface area contributed by atoms with Gasteiger partial charge in [-0.3, -0.25) is 14.9 Å². The van der Waals surface area contributed by atoms with Crippen molar-refractivity contribution >= 4 is 34.0 Å². The lowest BCUT2D eigenvalue weighted by Crippen LogP contribution is -2.28. The van der Waals surface area contributed by atoms with Crippen molar-refractivity contribution in [3.05, 3.63) is 63.6 Å². The summed E-state index contributed by atoms with van der Waals surface area (Å²) in [6, 6.07) is 15.1. The number of fused-ring (bicyclic) bond motifs is 1. The zero-order valence-electron chi connectivity index (χ0n) is 14.9. The summed E-state index contributed by atoms with van der Waals surface area (Å²) in [6.07, 6.45) is 8.07. The van der Waals surface area contributed by atoms with Gasteiger partial charge in [0.15, 0.2) is 0 Å². The average molecular weight is 410 g/mol. The molecule has 1 atom stereocenters. The SMILES string of the molecule is Brc1ccc2c(c1)C(C=Nc1ccc(CN3CCCCC3)cc1)C=NC2. The molecule has 134 valence electrons. The highest BCUT2D eigenvalue weighted by molar-refractivity contribution is 9.10. The summed E-state index contributed by atoms with van der Waals surface area (Å²) in [5.41, 5.74) is 4.95. The first kappa shape index (κ1) is 17.6. The first-order valence-corrected chi connectivity index (χ1v) is 10.2. The van der Waals surface area contributed by atoms with Crippen molar-refractivity contribution < 1.29 is 0 Å². The molecule has 26 heavy (non-hydrogen) atoms. The number of halogens is 1. The molecule has 0 spiro atoms. The number of aliphatic imine (C=N–C) groups is 2. The minimum atomic E-state index is 0.143. The molecule has 2 aromatic rings. The van der Waals surface area contributed by atoms with Gasteiger partial charge >= 0.3 is 0 Å². The molecule has 2 aromatic carbocycles. The Morgan fingerprint density at radius 3 is 2.69 bits per heavy atom. The first-order valence-electron chi connectivity index (χ1n) is 9.42. The molecule has 0 bridgehead atoms. The number of benzene rings is 2. The molecule has 0 N–H and O–H groups in total. The van der Waals surface area contributed by atoms with E-state index in [9.17, 15) is 0 Å². The molecule has 0 aliphatic carbocycles. The van der Waals surface area contributed by atoms with Crippen molar-refractivity contribution in [1.82, 2.24) is 4.90 Å². The third kappa shape index (κ3) is 4.30. The number of nitrogens with zero attached hydrogens (tertiary/aromatic N) is 3. The molecular formula is C22H24BrN3. The smallest absolute Gasteiger partial charge is 0.0639 e. The summed E-state index contributed by atoms with van der Waals surface area (Å²) < 4.78 is 1.10. The van der Waals surface area contributed by atoms with Gasteiger partial charge in [0.05, 0.1) is 18.2 Å². The lowest BCUT2D eigenvalue weighted by Gasteiger charge is -2.26. The maximum absolute atomic E-state index is 4.70. The summed E-state index contributed by atoms with van der Waals surface area (Å²) in [5, 5.41) is 0. The molecule has 1 saturated heterocycles. The molecule has 0 radical (unpaired) electrons. The van der Waals surface area contributed by atoms with Gasteiger partial charge in [0.1, 0.15) is 0 Å². The van der Waals surface area contributed by atoms with E-state index in [1.807, 2.05) is 12.4 Å². The van der Waals surface area contributed by atoms with Gasteiger partial charge < -0.3 is 0 Å².